The van der Waals surface area contributed by atoms with Crippen LogP contribution in [0.25, 0.3) is 0 Å². The number of nitrogens with one attached hydrogen (secondary N) is 1. The fourth-order valence-electron chi connectivity index (χ4n) is 1.25. The maximum Gasteiger partial charge on any atom is 0.265 e. The zero-order valence-corrected chi connectivity index (χ0v) is 9.62. The minimum absolute atomic E-state index is 0.188. The molecule has 0 saturated carbocycles. The van der Waals surface area contributed by atoms with E-state index in [1.807, 2.05) is 0 Å². The Hall–Kier alpha value is -1.40. The van der Waals surface area contributed by atoms with Gasteiger partial charge in [-0.3, -0.25) is 9.35 Å². The Morgan fingerprint density at radius 2 is 2.12 bits per heavy atom. The van der Waals surface area contributed by atoms with E-state index in [-0.39, 0.29) is 18.1 Å². The van der Waals surface area contributed by atoms with Crippen molar-refractivity contribution in [1.29, 1.82) is 0 Å². The number of aryl methyl sites for hydroxylation is 1. The van der Waals surface area contributed by atoms with E-state index >= 15 is 0 Å². The minimum atomic E-state index is -3.95. The second-order valence-electron chi connectivity index (χ2n) is 3.42. The molecule has 0 fully saturated rings. The fourth-order valence-corrected chi connectivity index (χ4v) is 1.75. The van der Waals surface area contributed by atoms with Crippen LogP contribution in [0.1, 0.15) is 12.5 Å². The first kappa shape index (κ1) is 12.7. The zero-order valence-electron chi connectivity index (χ0n) is 8.80. The summed E-state index contributed by atoms with van der Waals surface area (Å²) in [5, 5.41) is 2.59. The number of hydrogen-bond acceptors (Lipinski definition) is 3. The highest BCUT2D eigenvalue weighted by Gasteiger charge is 2.05. The third kappa shape index (κ3) is 4.90. The Bertz CT molecular complexity index is 481. The third-order valence-corrected chi connectivity index (χ3v) is 2.62. The molecule has 0 saturated heterocycles. The molecule has 0 heterocycles. The Morgan fingerprint density at radius 1 is 1.44 bits per heavy atom. The summed E-state index contributed by atoms with van der Waals surface area (Å²) in [7, 11) is -3.95. The van der Waals surface area contributed by atoms with E-state index in [0.29, 0.717) is 5.69 Å². The van der Waals surface area contributed by atoms with Gasteiger partial charge in [-0.05, 0) is 24.1 Å². The molecular formula is C10H13NO4S. The number of amides is 1. The second kappa shape index (κ2) is 5.09. The van der Waals surface area contributed by atoms with Crippen molar-refractivity contribution in [3.63, 3.8) is 0 Å². The summed E-state index contributed by atoms with van der Waals surface area (Å²) in [6, 6.07) is 6.83. The van der Waals surface area contributed by atoms with E-state index in [2.05, 4.69) is 5.32 Å². The topological polar surface area (TPSA) is 83.5 Å². The first-order valence-corrected chi connectivity index (χ1v) is 6.29. The van der Waals surface area contributed by atoms with Gasteiger partial charge in [0.1, 0.15) is 0 Å². The van der Waals surface area contributed by atoms with Gasteiger partial charge in [0.15, 0.2) is 0 Å². The molecule has 0 radical (unpaired) electrons. The average Bonchev–Trinajstić information content (AvgIpc) is 2.13. The van der Waals surface area contributed by atoms with E-state index in [1.165, 1.54) is 6.92 Å². The van der Waals surface area contributed by atoms with Gasteiger partial charge in [0, 0.05) is 12.6 Å². The quantitative estimate of drug-likeness (QED) is 0.775. The lowest BCUT2D eigenvalue weighted by Crippen LogP contribution is -2.08. The van der Waals surface area contributed by atoms with Gasteiger partial charge in [0.05, 0.1) is 5.75 Å². The lowest BCUT2D eigenvalue weighted by Gasteiger charge is -2.04. The molecule has 0 bridgehead atoms. The molecule has 0 atom stereocenters. The first-order valence-electron chi connectivity index (χ1n) is 4.68. The van der Waals surface area contributed by atoms with Crippen molar-refractivity contribution in [2.24, 2.45) is 0 Å². The van der Waals surface area contributed by atoms with Gasteiger partial charge in [-0.25, -0.2) is 0 Å². The summed E-state index contributed by atoms with van der Waals surface area (Å²) >= 11 is 0. The molecule has 1 rings (SSSR count). The largest absolute Gasteiger partial charge is 0.326 e. The lowest BCUT2D eigenvalue weighted by atomic mass is 10.1. The Balaban J connectivity index is 2.71. The predicted octanol–water partition coefficient (Wildman–Crippen LogP) is 1.08. The predicted molar refractivity (Wildman–Crippen MR) is 60.9 cm³/mol. The molecule has 0 aliphatic carbocycles. The van der Waals surface area contributed by atoms with Gasteiger partial charge in [-0.1, -0.05) is 12.1 Å². The molecule has 1 aromatic rings. The van der Waals surface area contributed by atoms with Crippen LogP contribution in [0, 0.1) is 0 Å². The molecule has 1 aromatic carbocycles. The van der Waals surface area contributed by atoms with Crippen LogP contribution in [0.15, 0.2) is 24.3 Å². The van der Waals surface area contributed by atoms with Crippen molar-refractivity contribution in [3.05, 3.63) is 29.8 Å². The number of hydrogen-bond donors (Lipinski definition) is 2. The third-order valence-electron chi connectivity index (χ3n) is 1.90. The summed E-state index contributed by atoms with van der Waals surface area (Å²) in [4.78, 5) is 10.8. The van der Waals surface area contributed by atoms with Crippen molar-refractivity contribution in [1.82, 2.24) is 0 Å². The number of benzene rings is 1. The molecule has 6 heteroatoms. The maximum absolute atomic E-state index is 10.8. The van der Waals surface area contributed by atoms with E-state index < -0.39 is 10.1 Å². The van der Waals surface area contributed by atoms with Gasteiger partial charge < -0.3 is 5.32 Å². The minimum Gasteiger partial charge on any atom is -0.326 e. The van der Waals surface area contributed by atoms with Gasteiger partial charge in [0.25, 0.3) is 10.1 Å². The van der Waals surface area contributed by atoms with Gasteiger partial charge in [0.2, 0.25) is 5.91 Å². The van der Waals surface area contributed by atoms with Gasteiger partial charge >= 0.3 is 0 Å². The maximum atomic E-state index is 10.8. The molecular weight excluding hydrogens is 230 g/mol. The molecule has 0 aliphatic rings. The van der Waals surface area contributed by atoms with Crippen LogP contribution >= 0.6 is 0 Å². The smallest absolute Gasteiger partial charge is 0.265 e. The molecule has 16 heavy (non-hydrogen) atoms. The SMILES string of the molecule is CC(=O)Nc1cccc(CCS(=O)(=O)O)c1. The summed E-state index contributed by atoms with van der Waals surface area (Å²) in [6.07, 6.45) is 0.215. The number of carbonyl (C=O) groups excluding carboxylic acids is 1. The molecule has 5 nitrogen and oxygen atoms in total. The highest BCUT2D eigenvalue weighted by molar-refractivity contribution is 7.85. The van der Waals surface area contributed by atoms with E-state index in [4.69, 9.17) is 4.55 Å². The van der Waals surface area contributed by atoms with Crippen LogP contribution in [-0.2, 0) is 21.3 Å². The Morgan fingerprint density at radius 3 is 2.69 bits per heavy atom. The van der Waals surface area contributed by atoms with Crippen molar-refractivity contribution in [2.75, 3.05) is 11.1 Å². The van der Waals surface area contributed by atoms with Crippen LogP contribution in [0.3, 0.4) is 0 Å². The summed E-state index contributed by atoms with van der Waals surface area (Å²) in [6.45, 7) is 1.39. The van der Waals surface area contributed by atoms with Gasteiger partial charge in [-0.2, -0.15) is 8.42 Å². The van der Waals surface area contributed by atoms with Crippen LogP contribution in [-0.4, -0.2) is 24.6 Å². The second-order valence-corrected chi connectivity index (χ2v) is 4.99. The van der Waals surface area contributed by atoms with Crippen molar-refractivity contribution in [2.45, 2.75) is 13.3 Å². The lowest BCUT2D eigenvalue weighted by molar-refractivity contribution is -0.114. The molecule has 1 amide bonds. The van der Waals surface area contributed by atoms with E-state index in [0.717, 1.165) is 5.56 Å². The summed E-state index contributed by atoms with van der Waals surface area (Å²) in [5.74, 6) is -0.511. The Labute approximate surface area is 94.2 Å². The van der Waals surface area contributed by atoms with Crippen LogP contribution < -0.4 is 5.32 Å². The summed E-state index contributed by atoms with van der Waals surface area (Å²) < 4.78 is 29.7. The molecule has 88 valence electrons. The van der Waals surface area contributed by atoms with Crippen molar-refractivity contribution in [3.8, 4) is 0 Å². The first-order chi connectivity index (χ1) is 7.37. The standard InChI is InChI=1S/C10H13NO4S/c1-8(12)11-10-4-2-3-9(7-10)5-6-16(13,14)15/h2-4,7H,5-6H2,1H3,(H,11,12)(H,13,14,15). The molecule has 0 spiro atoms. The number of anilines is 1. The van der Waals surface area contributed by atoms with Crippen LogP contribution in [0.5, 0.6) is 0 Å². The molecule has 2 N–H and O–H groups in total. The van der Waals surface area contributed by atoms with E-state index in [9.17, 15) is 13.2 Å². The highest BCUT2D eigenvalue weighted by atomic mass is 32.2. The van der Waals surface area contributed by atoms with E-state index in [1.54, 1.807) is 24.3 Å². The average molecular weight is 243 g/mol. The van der Waals surface area contributed by atoms with Crippen molar-refractivity contribution < 1.29 is 17.8 Å². The van der Waals surface area contributed by atoms with Crippen LogP contribution in [0.4, 0.5) is 5.69 Å². The number of carbonyl (C=O) groups is 1. The normalized spacial score (nSPS) is 11.1. The summed E-state index contributed by atoms with van der Waals surface area (Å²) in [5.41, 5.74) is 1.35. The molecule has 0 aromatic heterocycles. The highest BCUT2D eigenvalue weighted by Crippen LogP contribution is 2.11. The van der Waals surface area contributed by atoms with Gasteiger partial charge in [-0.15, -0.1) is 0 Å². The zero-order chi connectivity index (χ0) is 12.2. The van der Waals surface area contributed by atoms with Crippen LogP contribution in [0.2, 0.25) is 0 Å². The monoisotopic (exact) mass is 243 g/mol. The van der Waals surface area contributed by atoms with Crippen molar-refractivity contribution >= 4 is 21.7 Å². The molecule has 0 unspecified atom stereocenters. The Kier molecular flexibility index (Phi) is 4.03. The molecule has 0 aliphatic heterocycles. The number of rotatable bonds is 4. The fraction of sp³-hybridized carbons (Fsp3) is 0.300.